The van der Waals surface area contributed by atoms with Crippen molar-refractivity contribution in [3.63, 3.8) is 0 Å². The van der Waals surface area contributed by atoms with Crippen LogP contribution in [-0.4, -0.2) is 24.1 Å². The Morgan fingerprint density at radius 3 is 1.79 bits per heavy atom. The van der Waals surface area contributed by atoms with Gasteiger partial charge in [0.25, 0.3) is 0 Å². The highest BCUT2D eigenvalue weighted by molar-refractivity contribution is 5.46. The van der Waals surface area contributed by atoms with Gasteiger partial charge >= 0.3 is 6.18 Å². The Bertz CT molecular complexity index is 301. The Balaban J connectivity index is 3.17. The Hall–Kier alpha value is -1.53. The van der Waals surface area contributed by atoms with Gasteiger partial charge in [0, 0.05) is 20.2 Å². The molecule has 0 aliphatic carbocycles. The minimum absolute atomic E-state index is 0.122. The molecule has 7 heteroatoms. The van der Waals surface area contributed by atoms with Crippen molar-refractivity contribution < 1.29 is 13.2 Å². The SMILES string of the molecule is CNc1cc(NC)nc(C(F)(F)F)n1. The molecule has 1 rings (SSSR count). The van der Waals surface area contributed by atoms with Crippen molar-refractivity contribution in [3.05, 3.63) is 11.9 Å². The van der Waals surface area contributed by atoms with Crippen LogP contribution in [0.2, 0.25) is 0 Å². The van der Waals surface area contributed by atoms with Crippen LogP contribution >= 0.6 is 0 Å². The summed E-state index contributed by atoms with van der Waals surface area (Å²) in [5.74, 6) is -0.915. The Morgan fingerprint density at radius 2 is 1.50 bits per heavy atom. The summed E-state index contributed by atoms with van der Waals surface area (Å²) in [5.41, 5.74) is 0. The summed E-state index contributed by atoms with van der Waals surface area (Å²) < 4.78 is 36.7. The van der Waals surface area contributed by atoms with Crippen molar-refractivity contribution in [1.82, 2.24) is 9.97 Å². The van der Waals surface area contributed by atoms with Gasteiger partial charge in [-0.2, -0.15) is 13.2 Å². The second-order valence-electron chi connectivity index (χ2n) is 2.46. The number of anilines is 2. The molecule has 0 spiro atoms. The van der Waals surface area contributed by atoms with Crippen LogP contribution in [0.1, 0.15) is 5.82 Å². The van der Waals surface area contributed by atoms with E-state index >= 15 is 0 Å². The highest BCUT2D eigenvalue weighted by Crippen LogP contribution is 2.27. The fourth-order valence-electron chi connectivity index (χ4n) is 0.830. The van der Waals surface area contributed by atoms with Crippen LogP contribution in [-0.2, 0) is 6.18 Å². The number of aromatic nitrogens is 2. The largest absolute Gasteiger partial charge is 0.451 e. The van der Waals surface area contributed by atoms with Gasteiger partial charge in [0.15, 0.2) is 0 Å². The van der Waals surface area contributed by atoms with Crippen LogP contribution in [0.4, 0.5) is 24.8 Å². The fraction of sp³-hybridized carbons (Fsp3) is 0.429. The van der Waals surface area contributed by atoms with E-state index in [2.05, 4.69) is 20.6 Å². The normalized spacial score (nSPS) is 11.2. The van der Waals surface area contributed by atoms with Crippen LogP contribution in [0.25, 0.3) is 0 Å². The second-order valence-corrected chi connectivity index (χ2v) is 2.46. The molecule has 1 aromatic heterocycles. The van der Waals surface area contributed by atoms with E-state index in [-0.39, 0.29) is 11.6 Å². The van der Waals surface area contributed by atoms with Crippen LogP contribution < -0.4 is 10.6 Å². The first kappa shape index (κ1) is 10.6. The lowest BCUT2D eigenvalue weighted by Crippen LogP contribution is -2.13. The molecule has 0 aliphatic heterocycles. The van der Waals surface area contributed by atoms with E-state index in [1.165, 1.54) is 20.2 Å². The monoisotopic (exact) mass is 206 g/mol. The molecule has 4 nitrogen and oxygen atoms in total. The van der Waals surface area contributed by atoms with Gasteiger partial charge in [-0.3, -0.25) is 0 Å². The standard InChI is InChI=1S/C7H9F3N4/c1-11-4-3-5(12-2)14-6(13-4)7(8,9)10/h3H,1-2H3,(H2,11,12,13,14). The fourth-order valence-corrected chi connectivity index (χ4v) is 0.830. The summed E-state index contributed by atoms with van der Waals surface area (Å²) >= 11 is 0. The molecule has 0 amide bonds. The molecule has 78 valence electrons. The number of hydrogen-bond donors (Lipinski definition) is 2. The molecule has 0 aliphatic rings. The zero-order valence-electron chi connectivity index (χ0n) is 7.61. The van der Waals surface area contributed by atoms with Crippen LogP contribution in [0, 0.1) is 0 Å². The first-order valence-corrected chi connectivity index (χ1v) is 3.79. The number of hydrogen-bond acceptors (Lipinski definition) is 4. The van der Waals surface area contributed by atoms with Gasteiger partial charge in [-0.05, 0) is 0 Å². The summed E-state index contributed by atoms with van der Waals surface area (Å²) in [4.78, 5) is 6.57. The Kier molecular flexibility index (Phi) is 2.78. The molecule has 0 saturated carbocycles. The molecule has 0 aromatic carbocycles. The van der Waals surface area contributed by atoms with E-state index in [1.807, 2.05) is 0 Å². The highest BCUT2D eigenvalue weighted by Gasteiger charge is 2.35. The van der Waals surface area contributed by atoms with Gasteiger partial charge in [0.05, 0.1) is 0 Å². The highest BCUT2D eigenvalue weighted by atomic mass is 19.4. The predicted molar refractivity (Wildman–Crippen MR) is 46.1 cm³/mol. The molecule has 0 atom stereocenters. The average Bonchev–Trinajstić information content (AvgIpc) is 2.15. The van der Waals surface area contributed by atoms with Gasteiger partial charge in [-0.1, -0.05) is 0 Å². The number of halogens is 3. The molecule has 0 fully saturated rings. The van der Waals surface area contributed by atoms with E-state index in [4.69, 9.17) is 0 Å². The van der Waals surface area contributed by atoms with Crippen molar-refractivity contribution in [2.75, 3.05) is 24.7 Å². The number of rotatable bonds is 2. The van der Waals surface area contributed by atoms with Crippen LogP contribution in [0.5, 0.6) is 0 Å². The van der Waals surface area contributed by atoms with E-state index < -0.39 is 12.0 Å². The molecule has 0 unspecified atom stereocenters. The zero-order valence-corrected chi connectivity index (χ0v) is 7.61. The quantitative estimate of drug-likeness (QED) is 0.771. The van der Waals surface area contributed by atoms with E-state index in [1.54, 1.807) is 0 Å². The molecule has 14 heavy (non-hydrogen) atoms. The third kappa shape index (κ3) is 2.24. The van der Waals surface area contributed by atoms with Gasteiger partial charge < -0.3 is 10.6 Å². The predicted octanol–water partition coefficient (Wildman–Crippen LogP) is 1.58. The van der Waals surface area contributed by atoms with Crippen molar-refractivity contribution >= 4 is 11.6 Å². The third-order valence-electron chi connectivity index (χ3n) is 1.49. The van der Waals surface area contributed by atoms with E-state index in [0.717, 1.165) is 0 Å². The van der Waals surface area contributed by atoms with Crippen LogP contribution in [0.15, 0.2) is 6.07 Å². The first-order valence-electron chi connectivity index (χ1n) is 3.79. The smallest absolute Gasteiger partial charge is 0.373 e. The Labute approximate surface area is 78.6 Å². The molecule has 0 bridgehead atoms. The molecule has 0 saturated heterocycles. The number of nitrogens with zero attached hydrogens (tertiary/aromatic N) is 2. The van der Waals surface area contributed by atoms with Crippen molar-refractivity contribution in [2.24, 2.45) is 0 Å². The molecule has 1 heterocycles. The number of alkyl halides is 3. The van der Waals surface area contributed by atoms with Crippen LogP contribution in [0.3, 0.4) is 0 Å². The second kappa shape index (κ2) is 3.69. The average molecular weight is 206 g/mol. The Morgan fingerprint density at radius 1 is 1.07 bits per heavy atom. The van der Waals surface area contributed by atoms with Gasteiger partial charge in [-0.15, -0.1) is 0 Å². The van der Waals surface area contributed by atoms with E-state index in [0.29, 0.717) is 0 Å². The molecular weight excluding hydrogens is 197 g/mol. The summed E-state index contributed by atoms with van der Waals surface area (Å²) in [5, 5.41) is 5.05. The molecule has 1 aromatic rings. The van der Waals surface area contributed by atoms with Gasteiger partial charge in [0.2, 0.25) is 5.82 Å². The topological polar surface area (TPSA) is 49.8 Å². The minimum Gasteiger partial charge on any atom is -0.373 e. The lowest BCUT2D eigenvalue weighted by Gasteiger charge is -2.09. The van der Waals surface area contributed by atoms with Crippen molar-refractivity contribution in [3.8, 4) is 0 Å². The van der Waals surface area contributed by atoms with E-state index in [9.17, 15) is 13.2 Å². The summed E-state index contributed by atoms with van der Waals surface area (Å²) in [7, 11) is 2.98. The first-order chi connectivity index (χ1) is 6.47. The van der Waals surface area contributed by atoms with Gasteiger partial charge in [-0.25, -0.2) is 9.97 Å². The minimum atomic E-state index is -4.53. The summed E-state index contributed by atoms with van der Waals surface area (Å²) in [6.45, 7) is 0. The zero-order chi connectivity index (χ0) is 10.8. The lowest BCUT2D eigenvalue weighted by molar-refractivity contribution is -0.144. The maximum absolute atomic E-state index is 12.2. The number of nitrogens with one attached hydrogen (secondary N) is 2. The maximum Gasteiger partial charge on any atom is 0.451 e. The van der Waals surface area contributed by atoms with Crippen molar-refractivity contribution in [1.29, 1.82) is 0 Å². The summed E-state index contributed by atoms with van der Waals surface area (Å²) in [6, 6.07) is 1.38. The molecular formula is C7H9F3N4. The molecule has 2 N–H and O–H groups in total. The lowest BCUT2D eigenvalue weighted by atomic mass is 10.4. The summed E-state index contributed by atoms with van der Waals surface area (Å²) in [6.07, 6.45) is -4.53. The molecule has 0 radical (unpaired) electrons. The maximum atomic E-state index is 12.2. The van der Waals surface area contributed by atoms with Gasteiger partial charge in [0.1, 0.15) is 11.6 Å². The van der Waals surface area contributed by atoms with Crippen molar-refractivity contribution in [2.45, 2.75) is 6.18 Å². The third-order valence-corrected chi connectivity index (χ3v) is 1.49.